The van der Waals surface area contributed by atoms with Crippen LogP contribution in [0.5, 0.6) is 5.75 Å². The Hall–Kier alpha value is -4.42. The molecule has 0 aliphatic carbocycles. The summed E-state index contributed by atoms with van der Waals surface area (Å²) in [5.74, 6) is -0.473. The fourth-order valence-corrected chi connectivity index (χ4v) is 4.59. The van der Waals surface area contributed by atoms with Crippen molar-refractivity contribution in [2.24, 2.45) is 0 Å². The van der Waals surface area contributed by atoms with Crippen LogP contribution >= 0.6 is 0 Å². The van der Waals surface area contributed by atoms with Gasteiger partial charge in [0.15, 0.2) is 0 Å². The number of methoxy groups -OCH3 is 1. The van der Waals surface area contributed by atoms with Crippen molar-refractivity contribution in [1.29, 1.82) is 0 Å². The van der Waals surface area contributed by atoms with E-state index in [2.05, 4.69) is 5.32 Å². The zero-order valence-electron chi connectivity index (χ0n) is 19.9. The topological polar surface area (TPSA) is 87.7 Å². The summed E-state index contributed by atoms with van der Waals surface area (Å²) in [6.45, 7) is 0. The monoisotopic (exact) mass is 480 g/mol. The number of carbonyl (C=O) groups excluding carboxylic acids is 2. The minimum Gasteiger partial charge on any atom is -0.497 e. The molecule has 6 heteroatoms. The number of hydrogen-bond acceptors (Lipinski definition) is 4. The van der Waals surface area contributed by atoms with Gasteiger partial charge in [0.2, 0.25) is 5.91 Å². The average molecular weight is 481 g/mol. The molecule has 3 N–H and O–H groups in total. The van der Waals surface area contributed by atoms with E-state index in [0.29, 0.717) is 11.3 Å². The maximum absolute atomic E-state index is 13.7. The second kappa shape index (κ2) is 11.3. The molecule has 0 aliphatic heterocycles. The maximum Gasteiger partial charge on any atom is 0.270 e. The predicted octanol–water partition coefficient (Wildman–Crippen LogP) is 4.78. The smallest absolute Gasteiger partial charge is 0.270 e. The number of hydroxylamine groups is 1. The van der Waals surface area contributed by atoms with Crippen molar-refractivity contribution in [3.8, 4) is 5.75 Å². The van der Waals surface area contributed by atoms with E-state index in [9.17, 15) is 14.8 Å². The van der Waals surface area contributed by atoms with Gasteiger partial charge in [-0.25, -0.2) is 5.48 Å². The van der Waals surface area contributed by atoms with Crippen LogP contribution in [-0.4, -0.2) is 24.1 Å². The molecular weight excluding hydrogens is 452 g/mol. The van der Waals surface area contributed by atoms with E-state index in [1.165, 1.54) is 0 Å². The zero-order valence-corrected chi connectivity index (χ0v) is 19.9. The lowest BCUT2D eigenvalue weighted by atomic mass is 9.67. The van der Waals surface area contributed by atoms with Crippen molar-refractivity contribution in [1.82, 2.24) is 10.8 Å². The molecule has 0 spiro atoms. The van der Waals surface area contributed by atoms with Gasteiger partial charge in [-0.1, -0.05) is 103 Å². The summed E-state index contributed by atoms with van der Waals surface area (Å²) < 4.78 is 5.19. The van der Waals surface area contributed by atoms with Crippen LogP contribution in [0.25, 0.3) is 0 Å². The summed E-state index contributed by atoms with van der Waals surface area (Å²) in [6, 6.07) is 35.2. The molecular formula is C30H28N2O4. The van der Waals surface area contributed by atoms with E-state index < -0.39 is 17.4 Å². The highest BCUT2D eigenvalue weighted by Crippen LogP contribution is 2.42. The Bertz CT molecular complexity index is 1180. The Kier molecular flexibility index (Phi) is 7.78. The molecule has 36 heavy (non-hydrogen) atoms. The molecule has 4 aromatic carbocycles. The Morgan fingerprint density at radius 1 is 0.750 bits per heavy atom. The van der Waals surface area contributed by atoms with Crippen molar-refractivity contribution in [2.75, 3.05) is 7.11 Å². The zero-order chi connectivity index (χ0) is 25.4. The fraction of sp³-hybridized carbons (Fsp3) is 0.133. The van der Waals surface area contributed by atoms with Gasteiger partial charge in [0.25, 0.3) is 5.91 Å². The lowest BCUT2D eigenvalue weighted by Gasteiger charge is -2.36. The first-order valence-corrected chi connectivity index (χ1v) is 11.6. The number of hydrogen-bond donors (Lipinski definition) is 3. The van der Waals surface area contributed by atoms with Crippen LogP contribution in [-0.2, 0) is 15.0 Å². The van der Waals surface area contributed by atoms with Crippen LogP contribution in [0, 0.1) is 0 Å². The van der Waals surface area contributed by atoms with Crippen molar-refractivity contribution in [3.05, 3.63) is 138 Å². The molecule has 0 saturated heterocycles. The molecule has 0 heterocycles. The first kappa shape index (κ1) is 24.7. The highest BCUT2D eigenvalue weighted by Gasteiger charge is 2.39. The second-order valence-electron chi connectivity index (χ2n) is 8.43. The summed E-state index contributed by atoms with van der Waals surface area (Å²) in [7, 11) is 1.55. The lowest BCUT2D eigenvalue weighted by Crippen LogP contribution is -2.43. The highest BCUT2D eigenvalue weighted by atomic mass is 16.5. The standard InChI is InChI=1S/C30H28N2O4/c1-36-26-19-17-22(18-20-26)28(29(34)32-35)31-27(33)21-30(23-11-5-2-6-12-23,24-13-7-3-8-14-24)25-15-9-4-10-16-25/h2-20,28,35H,21H2,1H3,(H,31,33)(H,32,34). The van der Waals surface area contributed by atoms with E-state index in [-0.39, 0.29) is 12.3 Å². The van der Waals surface area contributed by atoms with Crippen LogP contribution in [0.15, 0.2) is 115 Å². The van der Waals surface area contributed by atoms with E-state index in [4.69, 9.17) is 4.74 Å². The average Bonchev–Trinajstić information content (AvgIpc) is 2.95. The number of ether oxygens (including phenoxy) is 1. The van der Waals surface area contributed by atoms with E-state index in [1.807, 2.05) is 91.0 Å². The summed E-state index contributed by atoms with van der Waals surface area (Å²) in [6.07, 6.45) is 0.0381. The molecule has 2 amide bonds. The van der Waals surface area contributed by atoms with E-state index in [1.54, 1.807) is 36.9 Å². The molecule has 0 radical (unpaired) electrons. The molecule has 182 valence electrons. The van der Waals surface area contributed by atoms with Crippen molar-refractivity contribution in [3.63, 3.8) is 0 Å². The van der Waals surface area contributed by atoms with Gasteiger partial charge < -0.3 is 10.1 Å². The molecule has 4 rings (SSSR count). The predicted molar refractivity (Wildman–Crippen MR) is 138 cm³/mol. The molecule has 0 saturated carbocycles. The third-order valence-electron chi connectivity index (χ3n) is 6.35. The molecule has 6 nitrogen and oxygen atoms in total. The van der Waals surface area contributed by atoms with Gasteiger partial charge in [-0.3, -0.25) is 14.8 Å². The second-order valence-corrected chi connectivity index (χ2v) is 8.43. The van der Waals surface area contributed by atoms with Gasteiger partial charge in [0.05, 0.1) is 12.5 Å². The van der Waals surface area contributed by atoms with Gasteiger partial charge in [0.1, 0.15) is 11.8 Å². The molecule has 0 bridgehead atoms. The first-order chi connectivity index (χ1) is 17.6. The highest BCUT2D eigenvalue weighted by molar-refractivity contribution is 5.89. The Balaban J connectivity index is 1.77. The summed E-state index contributed by atoms with van der Waals surface area (Å²) >= 11 is 0. The largest absolute Gasteiger partial charge is 0.497 e. The van der Waals surface area contributed by atoms with Crippen LogP contribution in [0.3, 0.4) is 0 Å². The summed E-state index contributed by atoms with van der Waals surface area (Å²) in [5, 5.41) is 12.2. The van der Waals surface area contributed by atoms with Gasteiger partial charge in [-0.05, 0) is 34.4 Å². The van der Waals surface area contributed by atoms with Gasteiger partial charge >= 0.3 is 0 Å². The van der Waals surface area contributed by atoms with Crippen LogP contribution in [0.1, 0.15) is 34.7 Å². The van der Waals surface area contributed by atoms with Crippen LogP contribution in [0.2, 0.25) is 0 Å². The Morgan fingerprint density at radius 2 is 1.19 bits per heavy atom. The van der Waals surface area contributed by atoms with Crippen LogP contribution < -0.4 is 15.5 Å². The lowest BCUT2D eigenvalue weighted by molar-refractivity contribution is -0.135. The fourth-order valence-electron chi connectivity index (χ4n) is 4.59. The molecule has 1 atom stereocenters. The maximum atomic E-state index is 13.7. The Labute approximate surface area is 210 Å². The van der Waals surface area contributed by atoms with Crippen molar-refractivity contribution >= 4 is 11.8 Å². The van der Waals surface area contributed by atoms with Gasteiger partial charge in [-0.2, -0.15) is 0 Å². The number of nitrogens with one attached hydrogen (secondary N) is 2. The third kappa shape index (κ3) is 5.14. The molecule has 0 aromatic heterocycles. The minimum atomic E-state index is -1.09. The number of amides is 2. The van der Waals surface area contributed by atoms with Crippen molar-refractivity contribution < 1.29 is 19.5 Å². The molecule has 0 aliphatic rings. The summed E-state index contributed by atoms with van der Waals surface area (Å²) in [4.78, 5) is 26.3. The van der Waals surface area contributed by atoms with E-state index in [0.717, 1.165) is 16.7 Å². The summed E-state index contributed by atoms with van der Waals surface area (Å²) in [5.41, 5.74) is 4.22. The SMILES string of the molecule is COc1ccc(C(NC(=O)CC(c2ccccc2)(c2ccccc2)c2ccccc2)C(=O)NO)cc1. The van der Waals surface area contributed by atoms with E-state index >= 15 is 0 Å². The van der Waals surface area contributed by atoms with Gasteiger partial charge in [0, 0.05) is 6.42 Å². The van der Waals surface area contributed by atoms with Crippen molar-refractivity contribution in [2.45, 2.75) is 17.9 Å². The normalized spacial score (nSPS) is 11.8. The number of benzene rings is 4. The number of rotatable bonds is 9. The van der Waals surface area contributed by atoms with Crippen LogP contribution in [0.4, 0.5) is 0 Å². The third-order valence-corrected chi connectivity index (χ3v) is 6.35. The minimum absolute atomic E-state index is 0.0381. The Morgan fingerprint density at radius 3 is 1.58 bits per heavy atom. The first-order valence-electron chi connectivity index (χ1n) is 11.6. The molecule has 1 unspecified atom stereocenters. The van der Waals surface area contributed by atoms with Gasteiger partial charge in [-0.15, -0.1) is 0 Å². The molecule has 0 fully saturated rings. The number of carbonyl (C=O) groups is 2. The quantitative estimate of drug-likeness (QED) is 0.183. The molecule has 4 aromatic rings.